The minimum atomic E-state index is 0.261. The van der Waals surface area contributed by atoms with E-state index in [0.29, 0.717) is 11.5 Å². The van der Waals surface area contributed by atoms with Gasteiger partial charge in [0.2, 0.25) is 5.95 Å². The third-order valence-electron chi connectivity index (χ3n) is 2.61. The molecule has 0 saturated carbocycles. The van der Waals surface area contributed by atoms with Crippen molar-refractivity contribution in [2.24, 2.45) is 0 Å². The van der Waals surface area contributed by atoms with Gasteiger partial charge < -0.3 is 15.2 Å². The number of nitrogens with two attached hydrogens (primary N) is 1. The van der Waals surface area contributed by atoms with Crippen molar-refractivity contribution < 1.29 is 9.47 Å². The molecule has 0 aliphatic carbocycles. The second-order valence-electron chi connectivity index (χ2n) is 3.72. The van der Waals surface area contributed by atoms with Gasteiger partial charge in [-0.1, -0.05) is 0 Å². The van der Waals surface area contributed by atoms with Gasteiger partial charge in [-0.3, -0.25) is 0 Å². The molecule has 0 bridgehead atoms. The van der Waals surface area contributed by atoms with Gasteiger partial charge in [0.05, 0.1) is 19.9 Å². The van der Waals surface area contributed by atoms with E-state index in [4.69, 9.17) is 15.2 Å². The molecule has 1 aromatic carbocycles. The number of aromatic nitrogens is 2. The zero-order chi connectivity index (χ0) is 13.8. The highest BCUT2D eigenvalue weighted by atomic mass is 32.2. The highest BCUT2D eigenvalue weighted by Crippen LogP contribution is 2.32. The molecule has 1 aromatic heterocycles. The molecule has 0 saturated heterocycles. The van der Waals surface area contributed by atoms with Crippen molar-refractivity contribution >= 4 is 17.7 Å². The predicted octanol–water partition coefficient (Wildman–Crippen LogP) is 2.46. The first kappa shape index (κ1) is 13.5. The standard InChI is InChI=1S/C13H15N3O2S/c1-17-10-5-4-8(6-11(10)18-2)9-7-12(19-3)16-13(14)15-9/h4-7H,1-3H3,(H2,14,15,16). The molecule has 0 aliphatic rings. The molecule has 19 heavy (non-hydrogen) atoms. The number of nitrogen functional groups attached to an aromatic ring is 1. The van der Waals surface area contributed by atoms with Crippen molar-refractivity contribution in [2.75, 3.05) is 26.2 Å². The number of benzene rings is 1. The van der Waals surface area contributed by atoms with Crippen molar-refractivity contribution in [3.05, 3.63) is 24.3 Å². The molecule has 1 heterocycles. The topological polar surface area (TPSA) is 70.3 Å². The summed E-state index contributed by atoms with van der Waals surface area (Å²) in [4.78, 5) is 8.37. The summed E-state index contributed by atoms with van der Waals surface area (Å²) < 4.78 is 10.5. The SMILES string of the molecule is COc1ccc(-c2cc(SC)nc(N)n2)cc1OC. The molecule has 2 N–H and O–H groups in total. The van der Waals surface area contributed by atoms with Gasteiger partial charge in [-0.25, -0.2) is 9.97 Å². The van der Waals surface area contributed by atoms with Gasteiger partial charge in [0.25, 0.3) is 0 Å². The lowest BCUT2D eigenvalue weighted by Crippen LogP contribution is -1.98. The smallest absolute Gasteiger partial charge is 0.221 e. The number of hydrogen-bond donors (Lipinski definition) is 1. The number of anilines is 1. The van der Waals surface area contributed by atoms with Crippen LogP contribution in [0.15, 0.2) is 29.3 Å². The van der Waals surface area contributed by atoms with Crippen LogP contribution in [-0.4, -0.2) is 30.4 Å². The van der Waals surface area contributed by atoms with E-state index in [-0.39, 0.29) is 5.95 Å². The molecule has 0 unspecified atom stereocenters. The summed E-state index contributed by atoms with van der Waals surface area (Å²) in [5.41, 5.74) is 7.37. The molecule has 2 rings (SSSR count). The summed E-state index contributed by atoms with van der Waals surface area (Å²) in [7, 11) is 3.20. The van der Waals surface area contributed by atoms with Crippen LogP contribution >= 0.6 is 11.8 Å². The summed E-state index contributed by atoms with van der Waals surface area (Å²) in [6, 6.07) is 7.51. The van der Waals surface area contributed by atoms with Gasteiger partial charge in [0.1, 0.15) is 5.03 Å². The average molecular weight is 277 g/mol. The number of rotatable bonds is 4. The van der Waals surface area contributed by atoms with Gasteiger partial charge >= 0.3 is 0 Å². The maximum Gasteiger partial charge on any atom is 0.221 e. The second-order valence-corrected chi connectivity index (χ2v) is 4.55. The molecule has 0 atom stereocenters. The van der Waals surface area contributed by atoms with Gasteiger partial charge in [0.15, 0.2) is 11.5 Å². The van der Waals surface area contributed by atoms with Crippen LogP contribution in [0.3, 0.4) is 0 Å². The predicted molar refractivity (Wildman–Crippen MR) is 76.8 cm³/mol. The first-order chi connectivity index (χ1) is 9.17. The van der Waals surface area contributed by atoms with Crippen LogP contribution < -0.4 is 15.2 Å². The third kappa shape index (κ3) is 2.90. The average Bonchev–Trinajstić information content (AvgIpc) is 2.45. The molecule has 100 valence electrons. The minimum absolute atomic E-state index is 0.261. The Morgan fingerprint density at radius 2 is 1.79 bits per heavy atom. The molecule has 0 fully saturated rings. The third-order valence-corrected chi connectivity index (χ3v) is 3.24. The van der Waals surface area contributed by atoms with E-state index in [2.05, 4.69) is 9.97 Å². The Morgan fingerprint density at radius 1 is 1.05 bits per heavy atom. The largest absolute Gasteiger partial charge is 0.493 e. The zero-order valence-corrected chi connectivity index (χ0v) is 11.8. The Hall–Kier alpha value is -1.95. The van der Waals surface area contributed by atoms with Gasteiger partial charge in [-0.15, -0.1) is 11.8 Å². The first-order valence-electron chi connectivity index (χ1n) is 5.59. The molecule has 0 spiro atoms. The summed E-state index contributed by atoms with van der Waals surface area (Å²) in [5.74, 6) is 1.60. The molecular weight excluding hydrogens is 262 g/mol. The Morgan fingerprint density at radius 3 is 2.42 bits per heavy atom. The number of nitrogens with zero attached hydrogens (tertiary/aromatic N) is 2. The van der Waals surface area contributed by atoms with Crippen LogP contribution in [0.25, 0.3) is 11.3 Å². The van der Waals surface area contributed by atoms with Crippen molar-refractivity contribution in [1.82, 2.24) is 9.97 Å². The molecule has 5 nitrogen and oxygen atoms in total. The lowest BCUT2D eigenvalue weighted by Gasteiger charge is -2.10. The van der Waals surface area contributed by atoms with E-state index in [1.54, 1.807) is 14.2 Å². The Labute approximate surface area is 116 Å². The molecule has 6 heteroatoms. The normalized spacial score (nSPS) is 10.3. The van der Waals surface area contributed by atoms with Crippen LogP contribution in [0.2, 0.25) is 0 Å². The van der Waals surface area contributed by atoms with E-state index < -0.39 is 0 Å². The molecule has 0 radical (unpaired) electrons. The van der Waals surface area contributed by atoms with Crippen molar-refractivity contribution in [3.8, 4) is 22.8 Å². The van der Waals surface area contributed by atoms with Crippen molar-refractivity contribution in [3.63, 3.8) is 0 Å². The van der Waals surface area contributed by atoms with E-state index in [1.807, 2.05) is 30.5 Å². The molecule has 2 aromatic rings. The lowest BCUT2D eigenvalue weighted by molar-refractivity contribution is 0.355. The lowest BCUT2D eigenvalue weighted by atomic mass is 10.1. The van der Waals surface area contributed by atoms with E-state index >= 15 is 0 Å². The second kappa shape index (κ2) is 5.79. The van der Waals surface area contributed by atoms with Gasteiger partial charge in [-0.2, -0.15) is 0 Å². The maximum atomic E-state index is 5.71. The Balaban J connectivity index is 2.49. The minimum Gasteiger partial charge on any atom is -0.493 e. The summed E-state index contributed by atoms with van der Waals surface area (Å²) in [5, 5.41) is 0.831. The van der Waals surface area contributed by atoms with Gasteiger partial charge in [0, 0.05) is 5.56 Å². The Kier molecular flexibility index (Phi) is 4.11. The molecular formula is C13H15N3O2S. The highest BCUT2D eigenvalue weighted by molar-refractivity contribution is 7.98. The van der Waals surface area contributed by atoms with E-state index in [1.165, 1.54) is 11.8 Å². The van der Waals surface area contributed by atoms with Crippen molar-refractivity contribution in [2.45, 2.75) is 5.03 Å². The summed E-state index contributed by atoms with van der Waals surface area (Å²) in [6.45, 7) is 0. The van der Waals surface area contributed by atoms with Crippen molar-refractivity contribution in [1.29, 1.82) is 0 Å². The first-order valence-corrected chi connectivity index (χ1v) is 6.81. The monoisotopic (exact) mass is 277 g/mol. The van der Waals surface area contributed by atoms with Crippen LogP contribution in [0, 0.1) is 0 Å². The maximum absolute atomic E-state index is 5.71. The van der Waals surface area contributed by atoms with Crippen LogP contribution in [0.5, 0.6) is 11.5 Å². The quantitative estimate of drug-likeness (QED) is 0.684. The van der Waals surface area contributed by atoms with Gasteiger partial charge in [-0.05, 0) is 30.5 Å². The number of methoxy groups -OCH3 is 2. The van der Waals surface area contributed by atoms with Crippen LogP contribution in [0.1, 0.15) is 0 Å². The van der Waals surface area contributed by atoms with Crippen LogP contribution in [-0.2, 0) is 0 Å². The fraction of sp³-hybridized carbons (Fsp3) is 0.231. The summed E-state index contributed by atoms with van der Waals surface area (Å²) in [6.07, 6.45) is 1.94. The molecule has 0 amide bonds. The fourth-order valence-electron chi connectivity index (χ4n) is 1.69. The fourth-order valence-corrected chi connectivity index (χ4v) is 2.11. The number of thioether (sulfide) groups is 1. The Bertz CT molecular complexity index is 590. The molecule has 0 aliphatic heterocycles. The zero-order valence-electron chi connectivity index (χ0n) is 11.0. The number of hydrogen-bond acceptors (Lipinski definition) is 6. The number of ether oxygens (including phenoxy) is 2. The van der Waals surface area contributed by atoms with E-state index in [0.717, 1.165) is 16.3 Å². The highest BCUT2D eigenvalue weighted by Gasteiger charge is 2.09. The summed E-state index contributed by atoms with van der Waals surface area (Å²) >= 11 is 1.52. The van der Waals surface area contributed by atoms with E-state index in [9.17, 15) is 0 Å². The van der Waals surface area contributed by atoms with Crippen LogP contribution in [0.4, 0.5) is 5.95 Å².